The molecule has 2 heterocycles. The van der Waals surface area contributed by atoms with Gasteiger partial charge in [-0.3, -0.25) is 0 Å². The van der Waals surface area contributed by atoms with Gasteiger partial charge in [-0.15, -0.1) is 0 Å². The van der Waals surface area contributed by atoms with Gasteiger partial charge < -0.3 is 19.7 Å². The first-order valence-electron chi connectivity index (χ1n) is 14.6. The molecule has 46 heavy (non-hydrogen) atoms. The van der Waals surface area contributed by atoms with Gasteiger partial charge in [0.1, 0.15) is 25.3 Å². The first-order chi connectivity index (χ1) is 21.7. The van der Waals surface area contributed by atoms with Crippen molar-refractivity contribution in [1.82, 2.24) is 0 Å². The Bertz CT molecular complexity index is 1960. The minimum Gasteiger partial charge on any atom is -0.871 e. The number of fused-ring (bicyclic) bond motifs is 2. The Morgan fingerprint density at radius 1 is 0.500 bits per heavy atom. The molecule has 0 aliphatic carbocycles. The van der Waals surface area contributed by atoms with Crippen LogP contribution in [-0.4, -0.2) is 25.0 Å². The Morgan fingerprint density at radius 3 is 1.28 bits per heavy atom. The third kappa shape index (κ3) is 5.49. The van der Waals surface area contributed by atoms with E-state index >= 15 is 0 Å². The molecule has 0 fully saturated rings. The van der Waals surface area contributed by atoms with Gasteiger partial charge >= 0.3 is 37.7 Å². The van der Waals surface area contributed by atoms with Crippen LogP contribution in [0.5, 0.6) is 11.5 Å². The molecule has 0 aromatic heterocycles. The Kier molecular flexibility index (Phi) is 9.00. The Labute approximate surface area is 290 Å². The van der Waals surface area contributed by atoms with E-state index in [1.165, 1.54) is 0 Å². The van der Waals surface area contributed by atoms with Crippen LogP contribution < -0.4 is 47.9 Å². The van der Waals surface area contributed by atoms with Gasteiger partial charge in [0, 0.05) is 11.1 Å². The van der Waals surface area contributed by atoms with Crippen molar-refractivity contribution in [2.24, 2.45) is 9.98 Å². The van der Waals surface area contributed by atoms with E-state index < -0.39 is 0 Å². The predicted octanol–water partition coefficient (Wildman–Crippen LogP) is 0.851. The molecule has 0 spiro atoms. The molecule has 0 N–H and O–H groups in total. The Balaban J connectivity index is 0.00000186. The monoisotopic (exact) mass is 588 g/mol. The molecule has 214 valence electrons. The topological polar surface area (TPSA) is 89.3 Å². The molecule has 2 aliphatic rings. The second-order valence-corrected chi connectivity index (χ2v) is 11.0. The summed E-state index contributed by atoms with van der Waals surface area (Å²) in [7, 11) is 0. The molecule has 6 aromatic rings. The molecule has 8 rings (SSSR count). The van der Waals surface area contributed by atoms with Crippen LogP contribution in [0.4, 0.5) is 0 Å². The molecular formula is C38H26Li2N2O4. The van der Waals surface area contributed by atoms with Crippen LogP contribution in [-0.2, 0) is 9.47 Å². The third-order valence-electron chi connectivity index (χ3n) is 8.38. The van der Waals surface area contributed by atoms with E-state index in [1.54, 1.807) is 0 Å². The predicted molar refractivity (Wildman–Crippen MR) is 169 cm³/mol. The fraction of sp³-hybridized carbons (Fsp3) is 0.105. The van der Waals surface area contributed by atoms with E-state index in [1.807, 2.05) is 121 Å². The van der Waals surface area contributed by atoms with Crippen molar-refractivity contribution in [3.63, 3.8) is 0 Å². The van der Waals surface area contributed by atoms with Crippen molar-refractivity contribution < 1.29 is 57.4 Å². The largest absolute Gasteiger partial charge is 1.00 e. The standard InChI is InChI=1S/C38H28N2O4.2Li/c41-35-29(37-39-31(21-43-37)23-11-3-1-4-12-23)19-25-15-7-9-17-27(25)33(35)34-28-18-10-8-16-26(28)20-30(36(34)42)38-40-32(22-44-38)24-13-5-2-6-14-24;;/h1-20,31-32,41-42H,21-22H2;;/q;2*+1/p-2/t31-,32+;;. The molecular weight excluding hydrogens is 562 g/mol. The van der Waals surface area contributed by atoms with Crippen molar-refractivity contribution in [3.05, 3.63) is 144 Å². The number of hydrogen-bond acceptors (Lipinski definition) is 6. The molecule has 2 atom stereocenters. The number of hydrogen-bond donors (Lipinski definition) is 0. The van der Waals surface area contributed by atoms with Gasteiger partial charge in [0.15, 0.2) is 0 Å². The summed E-state index contributed by atoms with van der Waals surface area (Å²) in [5.74, 6) is -0.0186. The Morgan fingerprint density at radius 2 is 0.870 bits per heavy atom. The van der Waals surface area contributed by atoms with Gasteiger partial charge in [-0.2, -0.15) is 0 Å². The summed E-state index contributed by atoms with van der Waals surface area (Å²) in [6.45, 7) is 0.678. The number of ether oxygens (including phenoxy) is 2. The number of benzene rings is 6. The zero-order chi connectivity index (χ0) is 29.6. The van der Waals surface area contributed by atoms with Gasteiger partial charge in [0.25, 0.3) is 0 Å². The minimum atomic E-state index is -0.299. The summed E-state index contributed by atoms with van der Waals surface area (Å²) in [5.41, 5.74) is 3.36. The SMILES string of the molecule is [Li+].[Li+].[O-]c1c(C2=N[C@H](c3ccccc3)CO2)cc2ccccc2c1-c1c([O-])c(C2=N[C@@H](c3ccccc3)CO2)cc2ccccc12. The van der Waals surface area contributed by atoms with Crippen molar-refractivity contribution in [2.45, 2.75) is 12.1 Å². The molecule has 0 radical (unpaired) electrons. The molecule has 0 saturated carbocycles. The van der Waals surface area contributed by atoms with E-state index in [-0.39, 0.29) is 73.1 Å². The van der Waals surface area contributed by atoms with Crippen LogP contribution in [0.3, 0.4) is 0 Å². The van der Waals surface area contributed by atoms with Crippen molar-refractivity contribution in [1.29, 1.82) is 0 Å². The summed E-state index contributed by atoms with van der Waals surface area (Å²) in [6, 6.07) is 38.2. The normalized spacial score (nSPS) is 17.0. The van der Waals surface area contributed by atoms with E-state index in [9.17, 15) is 10.2 Å². The zero-order valence-corrected chi connectivity index (χ0v) is 25.6. The van der Waals surface area contributed by atoms with E-state index in [2.05, 4.69) is 0 Å². The Hall–Kier alpha value is -4.43. The summed E-state index contributed by atoms with van der Waals surface area (Å²) < 4.78 is 12.1. The maximum atomic E-state index is 14.5. The smallest absolute Gasteiger partial charge is 0.871 e. The van der Waals surface area contributed by atoms with Crippen molar-refractivity contribution in [2.75, 3.05) is 13.2 Å². The van der Waals surface area contributed by atoms with Gasteiger partial charge in [-0.05, 0) is 55.9 Å². The summed E-state index contributed by atoms with van der Waals surface area (Å²) in [5, 5.41) is 32.1. The third-order valence-corrected chi connectivity index (χ3v) is 8.38. The van der Waals surface area contributed by atoms with Crippen molar-refractivity contribution in [3.8, 4) is 22.6 Å². The van der Waals surface area contributed by atoms with Crippen LogP contribution in [0, 0.1) is 0 Å². The maximum absolute atomic E-state index is 14.5. The molecule has 0 unspecified atom stereocenters. The molecule has 6 aromatic carbocycles. The van der Waals surface area contributed by atoms with Crippen molar-refractivity contribution >= 4 is 33.3 Å². The van der Waals surface area contributed by atoms with Crippen LogP contribution in [0.15, 0.2) is 131 Å². The molecule has 0 saturated heterocycles. The van der Waals surface area contributed by atoms with Crippen LogP contribution in [0.1, 0.15) is 34.3 Å². The molecule has 6 nitrogen and oxygen atoms in total. The first kappa shape index (κ1) is 31.6. The minimum absolute atomic E-state index is 0. The van der Waals surface area contributed by atoms with E-state index in [4.69, 9.17) is 19.5 Å². The number of nitrogens with zero attached hydrogens (tertiary/aromatic N) is 2. The van der Waals surface area contributed by atoms with Crippen LogP contribution in [0.25, 0.3) is 32.7 Å². The molecule has 2 aliphatic heterocycles. The summed E-state index contributed by atoms with van der Waals surface area (Å²) in [4.78, 5) is 9.62. The van der Waals surface area contributed by atoms with Crippen LogP contribution in [0.2, 0.25) is 0 Å². The fourth-order valence-corrected chi connectivity index (χ4v) is 6.21. The zero-order valence-electron chi connectivity index (χ0n) is 25.6. The quantitative estimate of drug-likeness (QED) is 0.280. The fourth-order valence-electron chi connectivity index (χ4n) is 6.21. The second-order valence-electron chi connectivity index (χ2n) is 11.0. The molecule has 0 bridgehead atoms. The summed E-state index contributed by atoms with van der Waals surface area (Å²) in [6.07, 6.45) is 0. The van der Waals surface area contributed by atoms with Gasteiger partial charge in [-0.1, -0.05) is 121 Å². The van der Waals surface area contributed by atoms with Gasteiger partial charge in [0.05, 0.1) is 0 Å². The van der Waals surface area contributed by atoms with Crippen LogP contribution >= 0.6 is 0 Å². The van der Waals surface area contributed by atoms with E-state index in [0.717, 1.165) is 21.9 Å². The molecule has 0 amide bonds. The second kappa shape index (κ2) is 13.1. The average molecular weight is 589 g/mol. The van der Waals surface area contributed by atoms with Gasteiger partial charge in [-0.25, -0.2) is 9.98 Å². The maximum Gasteiger partial charge on any atom is 1.00 e. The summed E-state index contributed by atoms with van der Waals surface area (Å²) >= 11 is 0. The van der Waals surface area contributed by atoms with E-state index in [0.29, 0.717) is 46.2 Å². The molecule has 8 heteroatoms. The number of rotatable bonds is 5. The number of aliphatic imine (C=N–C) groups is 2. The van der Waals surface area contributed by atoms with Gasteiger partial charge in [0.2, 0.25) is 11.8 Å². The average Bonchev–Trinajstić information content (AvgIpc) is 3.77. The first-order valence-corrected chi connectivity index (χ1v) is 14.6.